The molecule has 172 valence electrons. The van der Waals surface area contributed by atoms with Gasteiger partial charge in [-0.3, -0.25) is 19.3 Å². The predicted octanol–water partition coefficient (Wildman–Crippen LogP) is 2.59. The summed E-state index contributed by atoms with van der Waals surface area (Å²) in [5.41, 5.74) is 0.493. The van der Waals surface area contributed by atoms with Crippen LogP contribution in [-0.4, -0.2) is 55.1 Å². The van der Waals surface area contributed by atoms with E-state index >= 15 is 0 Å². The second-order valence-corrected chi connectivity index (χ2v) is 8.10. The summed E-state index contributed by atoms with van der Waals surface area (Å²) < 4.78 is 11.2. The Balaban J connectivity index is 1.65. The van der Waals surface area contributed by atoms with Gasteiger partial charge in [-0.2, -0.15) is 0 Å². The summed E-state index contributed by atoms with van der Waals surface area (Å²) in [5.74, 6) is -0.456. The number of hydrogen-bond donors (Lipinski definition) is 2. The van der Waals surface area contributed by atoms with E-state index in [1.165, 1.54) is 16.2 Å². The number of benzene rings is 1. The summed E-state index contributed by atoms with van der Waals surface area (Å²) in [6.45, 7) is 3.20. The van der Waals surface area contributed by atoms with Crippen molar-refractivity contribution in [2.45, 2.75) is 38.7 Å². The first-order chi connectivity index (χ1) is 15.6. The molecule has 0 aliphatic carbocycles. The van der Waals surface area contributed by atoms with Crippen LogP contribution in [0.1, 0.15) is 32.6 Å². The van der Waals surface area contributed by atoms with Crippen molar-refractivity contribution >= 4 is 39.9 Å². The minimum atomic E-state index is -0.348. The number of nitrogens with one attached hydrogen (secondary N) is 2. The number of thiazole rings is 1. The Morgan fingerprint density at radius 2 is 2.09 bits per heavy atom. The van der Waals surface area contributed by atoms with Crippen LogP contribution in [0, 0.1) is 0 Å². The third kappa shape index (κ3) is 7.03. The van der Waals surface area contributed by atoms with Crippen molar-refractivity contribution in [3.63, 3.8) is 0 Å². The molecule has 2 aromatic rings. The zero-order valence-electron chi connectivity index (χ0n) is 18.0. The molecular weight excluding hydrogens is 432 g/mol. The van der Waals surface area contributed by atoms with Crippen LogP contribution in [0.4, 0.5) is 10.8 Å². The van der Waals surface area contributed by atoms with Gasteiger partial charge in [0.2, 0.25) is 17.7 Å². The molecule has 1 saturated heterocycles. The molecule has 9 nitrogen and oxygen atoms in total. The van der Waals surface area contributed by atoms with Crippen molar-refractivity contribution in [3.8, 4) is 5.75 Å². The van der Waals surface area contributed by atoms with E-state index < -0.39 is 0 Å². The number of nitrogens with zero attached hydrogens (tertiary/aromatic N) is 2. The monoisotopic (exact) mass is 460 g/mol. The number of carbonyl (C=O) groups excluding carboxylic acids is 3. The third-order valence-corrected chi connectivity index (χ3v) is 5.54. The molecule has 0 unspecified atom stereocenters. The minimum Gasteiger partial charge on any atom is -0.492 e. The maximum atomic E-state index is 13.1. The van der Waals surface area contributed by atoms with Gasteiger partial charge >= 0.3 is 0 Å². The van der Waals surface area contributed by atoms with Crippen molar-refractivity contribution < 1.29 is 23.9 Å². The summed E-state index contributed by atoms with van der Waals surface area (Å²) in [7, 11) is 0. The second-order valence-electron chi connectivity index (χ2n) is 7.21. The number of para-hydroxylation sites is 2. The average Bonchev–Trinajstić information content (AvgIpc) is 3.49. The maximum absolute atomic E-state index is 13.1. The molecule has 0 saturated carbocycles. The van der Waals surface area contributed by atoms with Gasteiger partial charge in [-0.1, -0.05) is 12.1 Å². The van der Waals surface area contributed by atoms with E-state index in [0.29, 0.717) is 36.3 Å². The lowest BCUT2D eigenvalue weighted by atomic mass is 10.2. The smallest absolute Gasteiger partial charge is 0.240 e. The first-order valence-corrected chi connectivity index (χ1v) is 11.5. The molecule has 0 bridgehead atoms. The molecular formula is C22H28N4O5S. The van der Waals surface area contributed by atoms with E-state index in [1.54, 1.807) is 35.8 Å². The van der Waals surface area contributed by atoms with Gasteiger partial charge in [-0.25, -0.2) is 4.98 Å². The molecule has 1 aliphatic rings. The molecule has 0 spiro atoms. The van der Waals surface area contributed by atoms with Crippen LogP contribution in [0.15, 0.2) is 35.8 Å². The highest BCUT2D eigenvalue weighted by molar-refractivity contribution is 7.13. The van der Waals surface area contributed by atoms with E-state index in [0.717, 1.165) is 12.8 Å². The highest BCUT2D eigenvalue weighted by atomic mass is 32.1. The summed E-state index contributed by atoms with van der Waals surface area (Å²) in [6.07, 6.45) is 3.40. The standard InChI is InChI=1S/C22H28N4O5S/c1-2-30-18-8-4-3-7-17(18)26(15-20(28)24-14-16-6-5-12-31-16)21(29)10-9-19(27)25-22-23-11-13-32-22/h3-4,7-8,11,13,16H,2,5-6,9-10,12,14-15H2,1H3,(H,24,28)(H,23,25,27)/t16-/m1/s1. The average molecular weight is 461 g/mol. The number of ether oxygens (including phenoxy) is 2. The molecule has 1 aromatic carbocycles. The van der Waals surface area contributed by atoms with Crippen LogP contribution < -0.4 is 20.3 Å². The molecule has 10 heteroatoms. The van der Waals surface area contributed by atoms with E-state index in [1.807, 2.05) is 6.92 Å². The summed E-state index contributed by atoms with van der Waals surface area (Å²) in [4.78, 5) is 43.2. The van der Waals surface area contributed by atoms with Crippen molar-refractivity contribution in [2.75, 3.05) is 36.5 Å². The lowest BCUT2D eigenvalue weighted by molar-refractivity contribution is -0.125. The third-order valence-electron chi connectivity index (χ3n) is 4.85. The molecule has 32 heavy (non-hydrogen) atoms. The quantitative estimate of drug-likeness (QED) is 0.533. The number of anilines is 2. The van der Waals surface area contributed by atoms with Crippen molar-refractivity contribution in [3.05, 3.63) is 35.8 Å². The van der Waals surface area contributed by atoms with Crippen molar-refractivity contribution in [2.24, 2.45) is 0 Å². The number of hydrogen-bond acceptors (Lipinski definition) is 7. The zero-order chi connectivity index (χ0) is 22.8. The number of aromatic nitrogens is 1. The first kappa shape index (κ1) is 23.7. The molecule has 1 atom stereocenters. The van der Waals surface area contributed by atoms with Gasteiger partial charge in [-0.05, 0) is 31.9 Å². The number of rotatable bonds is 11. The number of carbonyl (C=O) groups is 3. The fourth-order valence-electron chi connectivity index (χ4n) is 3.32. The lowest BCUT2D eigenvalue weighted by Gasteiger charge is -2.25. The minimum absolute atomic E-state index is 0.00775. The van der Waals surface area contributed by atoms with E-state index in [9.17, 15) is 14.4 Å². The number of amides is 3. The topological polar surface area (TPSA) is 110 Å². The van der Waals surface area contributed by atoms with Gasteiger partial charge in [0, 0.05) is 37.6 Å². The fraction of sp³-hybridized carbons (Fsp3) is 0.455. The SMILES string of the molecule is CCOc1ccccc1N(CC(=O)NC[C@H]1CCCO1)C(=O)CCC(=O)Nc1nccs1. The Morgan fingerprint density at radius 3 is 2.81 bits per heavy atom. The molecule has 3 amide bonds. The Kier molecular flexibility index (Phi) is 9.00. The first-order valence-electron chi connectivity index (χ1n) is 10.7. The molecule has 1 aromatic heterocycles. The van der Waals surface area contributed by atoms with Gasteiger partial charge in [0.25, 0.3) is 0 Å². The molecule has 1 aliphatic heterocycles. The van der Waals surface area contributed by atoms with Crippen LogP contribution in [0.2, 0.25) is 0 Å². The largest absolute Gasteiger partial charge is 0.492 e. The normalized spacial score (nSPS) is 15.2. The van der Waals surface area contributed by atoms with Crippen molar-refractivity contribution in [1.29, 1.82) is 0 Å². The molecule has 3 rings (SSSR count). The van der Waals surface area contributed by atoms with Gasteiger partial charge in [-0.15, -0.1) is 11.3 Å². The van der Waals surface area contributed by atoms with Gasteiger partial charge in [0.1, 0.15) is 12.3 Å². The van der Waals surface area contributed by atoms with Gasteiger partial charge in [0.15, 0.2) is 5.13 Å². The van der Waals surface area contributed by atoms with Gasteiger partial charge in [0.05, 0.1) is 18.4 Å². The molecule has 2 heterocycles. The molecule has 0 radical (unpaired) electrons. The van der Waals surface area contributed by atoms with Crippen LogP contribution >= 0.6 is 11.3 Å². The Hall–Kier alpha value is -2.98. The van der Waals surface area contributed by atoms with Crippen LogP contribution in [-0.2, 0) is 19.1 Å². The Bertz CT molecular complexity index is 899. The van der Waals surface area contributed by atoms with Gasteiger partial charge < -0.3 is 20.1 Å². The zero-order valence-corrected chi connectivity index (χ0v) is 18.9. The summed E-state index contributed by atoms with van der Waals surface area (Å²) in [6, 6.07) is 7.05. The highest BCUT2D eigenvalue weighted by Crippen LogP contribution is 2.29. The summed E-state index contributed by atoms with van der Waals surface area (Å²) >= 11 is 1.30. The van der Waals surface area contributed by atoms with Crippen LogP contribution in [0.5, 0.6) is 5.75 Å². The van der Waals surface area contributed by atoms with Crippen LogP contribution in [0.25, 0.3) is 0 Å². The van der Waals surface area contributed by atoms with Crippen molar-refractivity contribution in [1.82, 2.24) is 10.3 Å². The maximum Gasteiger partial charge on any atom is 0.240 e. The Morgan fingerprint density at radius 1 is 1.25 bits per heavy atom. The Labute approximate surface area is 191 Å². The van der Waals surface area contributed by atoms with E-state index in [2.05, 4.69) is 15.6 Å². The predicted molar refractivity (Wildman–Crippen MR) is 122 cm³/mol. The second kappa shape index (κ2) is 12.2. The lowest BCUT2D eigenvalue weighted by Crippen LogP contribution is -2.43. The van der Waals surface area contributed by atoms with E-state index in [-0.39, 0.29) is 43.2 Å². The molecule has 1 fully saturated rings. The van der Waals surface area contributed by atoms with Crippen LogP contribution in [0.3, 0.4) is 0 Å². The summed E-state index contributed by atoms with van der Waals surface area (Å²) in [5, 5.41) is 7.73. The highest BCUT2D eigenvalue weighted by Gasteiger charge is 2.24. The molecule has 2 N–H and O–H groups in total. The van der Waals surface area contributed by atoms with E-state index in [4.69, 9.17) is 9.47 Å². The fourth-order valence-corrected chi connectivity index (χ4v) is 3.87.